The van der Waals surface area contributed by atoms with E-state index >= 15 is 0 Å². The molecule has 0 bridgehead atoms. The topological polar surface area (TPSA) is 52.2 Å². The Morgan fingerprint density at radius 2 is 1.40 bits per heavy atom. The number of carbonyl (C=O) groups excluding carboxylic acids is 1. The van der Waals surface area contributed by atoms with Crippen LogP contribution < -0.4 is 40.0 Å². The molecular formula is C16H32NNaO2. The second-order valence-electron chi connectivity index (χ2n) is 5.61. The van der Waals surface area contributed by atoms with E-state index in [4.69, 9.17) is 0 Å². The molecule has 0 saturated heterocycles. The SMILES string of the molecule is CCCCCCCCCCCCNC(C)CC(=O)[O-].[Na+]. The Morgan fingerprint density at radius 3 is 1.85 bits per heavy atom. The zero-order chi connectivity index (χ0) is 14.3. The van der Waals surface area contributed by atoms with Crippen LogP contribution in [0.3, 0.4) is 0 Å². The first kappa shape index (κ1) is 22.7. The van der Waals surface area contributed by atoms with Crippen LogP contribution in [0.15, 0.2) is 0 Å². The first-order chi connectivity index (χ1) is 9.16. The molecule has 0 amide bonds. The second kappa shape index (κ2) is 17.5. The standard InChI is InChI=1S/C16H33NO2.Na/c1-3-4-5-6-7-8-9-10-11-12-13-17-15(2)14-16(18)19;/h15,17H,3-14H2,1-2H3,(H,18,19);/q;+1/p-1. The Bertz CT molecular complexity index is 213. The number of hydrogen-bond acceptors (Lipinski definition) is 3. The fourth-order valence-electron chi connectivity index (χ4n) is 2.28. The molecule has 0 aromatic heterocycles. The molecule has 3 nitrogen and oxygen atoms in total. The largest absolute Gasteiger partial charge is 1.00 e. The molecule has 1 atom stereocenters. The van der Waals surface area contributed by atoms with Crippen molar-refractivity contribution in [1.82, 2.24) is 5.32 Å². The summed E-state index contributed by atoms with van der Waals surface area (Å²) in [5, 5.41) is 13.6. The fourth-order valence-corrected chi connectivity index (χ4v) is 2.28. The van der Waals surface area contributed by atoms with Crippen molar-refractivity contribution in [2.75, 3.05) is 6.54 Å². The average molecular weight is 293 g/mol. The molecule has 0 aliphatic heterocycles. The number of hydrogen-bond donors (Lipinski definition) is 1. The van der Waals surface area contributed by atoms with E-state index in [2.05, 4.69) is 12.2 Å². The van der Waals surface area contributed by atoms with Gasteiger partial charge in [-0.1, -0.05) is 64.7 Å². The van der Waals surface area contributed by atoms with Crippen molar-refractivity contribution in [3.8, 4) is 0 Å². The first-order valence-electron chi connectivity index (χ1n) is 8.10. The van der Waals surface area contributed by atoms with E-state index in [1.54, 1.807) is 0 Å². The molecule has 0 aromatic carbocycles. The monoisotopic (exact) mass is 293 g/mol. The van der Waals surface area contributed by atoms with Gasteiger partial charge in [-0.2, -0.15) is 0 Å². The van der Waals surface area contributed by atoms with Crippen molar-refractivity contribution in [3.05, 3.63) is 0 Å². The van der Waals surface area contributed by atoms with E-state index in [9.17, 15) is 9.90 Å². The summed E-state index contributed by atoms with van der Waals surface area (Å²) >= 11 is 0. The van der Waals surface area contributed by atoms with Gasteiger partial charge in [0.1, 0.15) is 0 Å². The van der Waals surface area contributed by atoms with Crippen LogP contribution in [0.4, 0.5) is 0 Å². The summed E-state index contributed by atoms with van der Waals surface area (Å²) in [6.07, 6.45) is 13.4. The van der Waals surface area contributed by atoms with Crippen molar-refractivity contribution >= 4 is 5.97 Å². The van der Waals surface area contributed by atoms with E-state index in [0.717, 1.165) is 13.0 Å². The van der Waals surface area contributed by atoms with Gasteiger partial charge in [-0.25, -0.2) is 0 Å². The zero-order valence-electron chi connectivity index (χ0n) is 13.9. The van der Waals surface area contributed by atoms with Gasteiger partial charge in [-0.3, -0.25) is 0 Å². The molecule has 0 rings (SSSR count). The number of carboxylic acids is 1. The molecule has 0 aliphatic carbocycles. The van der Waals surface area contributed by atoms with Gasteiger partial charge in [-0.05, 0) is 19.9 Å². The fraction of sp³-hybridized carbons (Fsp3) is 0.938. The number of rotatable bonds is 14. The van der Waals surface area contributed by atoms with Gasteiger partial charge in [0, 0.05) is 18.4 Å². The number of carbonyl (C=O) groups is 1. The molecule has 0 aliphatic rings. The molecule has 0 spiro atoms. The van der Waals surface area contributed by atoms with E-state index in [-0.39, 0.29) is 42.0 Å². The van der Waals surface area contributed by atoms with Gasteiger partial charge in [-0.15, -0.1) is 0 Å². The third-order valence-corrected chi connectivity index (χ3v) is 3.50. The average Bonchev–Trinajstić information content (AvgIpc) is 2.35. The normalized spacial score (nSPS) is 11.9. The van der Waals surface area contributed by atoms with Crippen molar-refractivity contribution in [2.24, 2.45) is 0 Å². The predicted molar refractivity (Wildman–Crippen MR) is 78.9 cm³/mol. The molecule has 0 fully saturated rings. The van der Waals surface area contributed by atoms with Crippen LogP contribution in [0.25, 0.3) is 0 Å². The second-order valence-corrected chi connectivity index (χ2v) is 5.61. The van der Waals surface area contributed by atoms with Crippen molar-refractivity contribution < 1.29 is 39.5 Å². The van der Waals surface area contributed by atoms with Crippen molar-refractivity contribution in [1.29, 1.82) is 0 Å². The van der Waals surface area contributed by atoms with Crippen molar-refractivity contribution in [3.63, 3.8) is 0 Å². The summed E-state index contributed by atoms with van der Waals surface area (Å²) in [6.45, 7) is 5.07. The van der Waals surface area contributed by atoms with Crippen LogP contribution >= 0.6 is 0 Å². The number of aliphatic carboxylic acids is 1. The summed E-state index contributed by atoms with van der Waals surface area (Å²) in [4.78, 5) is 10.4. The summed E-state index contributed by atoms with van der Waals surface area (Å²) in [5.74, 6) is -0.969. The maximum absolute atomic E-state index is 10.4. The van der Waals surface area contributed by atoms with Crippen LogP contribution in [0.2, 0.25) is 0 Å². The Morgan fingerprint density at radius 1 is 0.950 bits per heavy atom. The molecule has 4 heteroatoms. The molecule has 0 saturated carbocycles. The molecule has 0 radical (unpaired) electrons. The Kier molecular flexibility index (Phi) is 19.8. The van der Waals surface area contributed by atoms with Gasteiger partial charge in [0.2, 0.25) is 0 Å². The maximum Gasteiger partial charge on any atom is 1.00 e. The minimum Gasteiger partial charge on any atom is -0.550 e. The molecule has 0 heterocycles. The quantitative estimate of drug-likeness (QED) is 0.363. The van der Waals surface area contributed by atoms with E-state index in [1.165, 1.54) is 57.8 Å². The van der Waals surface area contributed by atoms with Crippen LogP contribution in [-0.4, -0.2) is 18.6 Å². The molecular weight excluding hydrogens is 261 g/mol. The van der Waals surface area contributed by atoms with Crippen molar-refractivity contribution in [2.45, 2.75) is 90.5 Å². The minimum atomic E-state index is -0.969. The van der Waals surface area contributed by atoms with Gasteiger partial charge in [0.05, 0.1) is 0 Å². The molecule has 1 N–H and O–H groups in total. The molecule has 114 valence electrons. The number of carboxylic acid groups (broad SMARTS) is 1. The zero-order valence-corrected chi connectivity index (χ0v) is 15.9. The van der Waals surface area contributed by atoms with Gasteiger partial charge < -0.3 is 15.2 Å². The summed E-state index contributed by atoms with van der Waals surface area (Å²) in [7, 11) is 0. The summed E-state index contributed by atoms with van der Waals surface area (Å²) < 4.78 is 0. The van der Waals surface area contributed by atoms with Gasteiger partial charge in [0.15, 0.2) is 0 Å². The van der Waals surface area contributed by atoms with Gasteiger partial charge in [0.25, 0.3) is 0 Å². The number of unbranched alkanes of at least 4 members (excludes halogenated alkanes) is 9. The summed E-state index contributed by atoms with van der Waals surface area (Å²) in [6, 6.07) is 0.0311. The van der Waals surface area contributed by atoms with E-state index in [1.807, 2.05) is 6.92 Å². The van der Waals surface area contributed by atoms with Crippen LogP contribution in [0, 0.1) is 0 Å². The number of nitrogens with one attached hydrogen (secondary N) is 1. The smallest absolute Gasteiger partial charge is 0.550 e. The van der Waals surface area contributed by atoms with E-state index in [0.29, 0.717) is 0 Å². The Balaban J connectivity index is 0. The predicted octanol–water partition coefficient (Wildman–Crippen LogP) is 0.0294. The van der Waals surface area contributed by atoms with Gasteiger partial charge >= 0.3 is 29.6 Å². The third-order valence-electron chi connectivity index (χ3n) is 3.50. The summed E-state index contributed by atoms with van der Waals surface area (Å²) in [5.41, 5.74) is 0. The maximum atomic E-state index is 10.4. The minimum absolute atomic E-state index is 0. The van der Waals surface area contributed by atoms with Crippen LogP contribution in [-0.2, 0) is 4.79 Å². The first-order valence-corrected chi connectivity index (χ1v) is 8.10. The van der Waals surface area contributed by atoms with E-state index < -0.39 is 5.97 Å². The molecule has 1 unspecified atom stereocenters. The molecule has 20 heavy (non-hydrogen) atoms. The Labute approximate surface area is 147 Å². The Hall–Kier alpha value is 0.430. The third kappa shape index (κ3) is 18.4. The van der Waals surface area contributed by atoms with Crippen LogP contribution in [0.5, 0.6) is 0 Å². The molecule has 0 aromatic rings. The van der Waals surface area contributed by atoms with Crippen LogP contribution in [0.1, 0.15) is 84.5 Å².